The first-order chi connectivity index (χ1) is 11.8. The molecule has 1 unspecified atom stereocenters. The fourth-order valence-electron chi connectivity index (χ4n) is 2.87. The van der Waals surface area contributed by atoms with Gasteiger partial charge in [-0.05, 0) is 25.8 Å². The molecule has 0 saturated carbocycles. The van der Waals surface area contributed by atoms with Crippen molar-refractivity contribution in [3.8, 4) is 0 Å². The molecule has 25 heavy (non-hydrogen) atoms. The minimum Gasteiger partial charge on any atom is -0.463 e. The lowest BCUT2D eigenvalue weighted by atomic mass is 9.89. The molecule has 0 radical (unpaired) electrons. The number of carbonyl (C=O) groups excluding carboxylic acids is 3. The minimum absolute atomic E-state index is 0.0305. The van der Waals surface area contributed by atoms with Gasteiger partial charge in [-0.15, -0.1) is 0 Å². The number of amides is 1. The normalized spacial score (nSPS) is 23.0. The third-order valence-corrected chi connectivity index (χ3v) is 4.03. The second-order valence-corrected chi connectivity index (χ2v) is 6.03. The SMILES string of the molecule is CCOC(=O)C1=C[C@@H](OC(CC)CC)C(NC(C)=O)[C@@H](OC(C)=O)C1. The molecule has 0 heterocycles. The number of ether oxygens (including phenoxy) is 3. The van der Waals surface area contributed by atoms with Crippen LogP contribution in [0.1, 0.15) is 53.9 Å². The summed E-state index contributed by atoms with van der Waals surface area (Å²) in [6.07, 6.45) is 2.14. The van der Waals surface area contributed by atoms with E-state index in [0.29, 0.717) is 5.57 Å². The van der Waals surface area contributed by atoms with Crippen LogP contribution in [0.25, 0.3) is 0 Å². The van der Waals surface area contributed by atoms with E-state index in [-0.39, 0.29) is 25.0 Å². The fourth-order valence-corrected chi connectivity index (χ4v) is 2.87. The first kappa shape index (κ1) is 21.2. The Bertz CT molecular complexity index is 512. The summed E-state index contributed by atoms with van der Waals surface area (Å²) in [7, 11) is 0. The summed E-state index contributed by atoms with van der Waals surface area (Å²) in [4.78, 5) is 35.2. The van der Waals surface area contributed by atoms with E-state index < -0.39 is 30.2 Å². The molecule has 0 bridgehead atoms. The van der Waals surface area contributed by atoms with E-state index in [0.717, 1.165) is 12.8 Å². The maximum absolute atomic E-state index is 12.2. The highest BCUT2D eigenvalue weighted by Crippen LogP contribution is 2.27. The summed E-state index contributed by atoms with van der Waals surface area (Å²) in [5, 5.41) is 2.79. The summed E-state index contributed by atoms with van der Waals surface area (Å²) in [5.74, 6) is -1.20. The lowest BCUT2D eigenvalue weighted by molar-refractivity contribution is -0.154. The van der Waals surface area contributed by atoms with E-state index in [2.05, 4.69) is 5.32 Å². The zero-order chi connectivity index (χ0) is 19.0. The zero-order valence-corrected chi connectivity index (χ0v) is 15.7. The summed E-state index contributed by atoms with van der Waals surface area (Å²) in [6.45, 7) is 8.67. The smallest absolute Gasteiger partial charge is 0.333 e. The van der Waals surface area contributed by atoms with Gasteiger partial charge in [0, 0.05) is 25.8 Å². The molecule has 1 N–H and O–H groups in total. The number of rotatable bonds is 8. The van der Waals surface area contributed by atoms with Crippen molar-refractivity contribution in [1.29, 1.82) is 0 Å². The Labute approximate surface area is 149 Å². The van der Waals surface area contributed by atoms with E-state index >= 15 is 0 Å². The van der Waals surface area contributed by atoms with Gasteiger partial charge >= 0.3 is 11.9 Å². The Morgan fingerprint density at radius 1 is 1.20 bits per heavy atom. The van der Waals surface area contributed by atoms with Crippen LogP contribution in [0.15, 0.2) is 11.6 Å². The molecular weight excluding hydrogens is 326 g/mol. The van der Waals surface area contributed by atoms with Gasteiger partial charge in [-0.3, -0.25) is 9.59 Å². The van der Waals surface area contributed by atoms with Gasteiger partial charge in [0.05, 0.1) is 18.8 Å². The monoisotopic (exact) mass is 355 g/mol. The van der Waals surface area contributed by atoms with E-state index in [9.17, 15) is 14.4 Å². The number of esters is 2. The van der Waals surface area contributed by atoms with Crippen molar-refractivity contribution in [1.82, 2.24) is 5.32 Å². The third kappa shape index (κ3) is 6.49. The van der Waals surface area contributed by atoms with Crippen LogP contribution in [0, 0.1) is 0 Å². The average Bonchev–Trinajstić information content (AvgIpc) is 2.54. The number of hydrogen-bond acceptors (Lipinski definition) is 6. The van der Waals surface area contributed by atoms with Crippen molar-refractivity contribution in [2.45, 2.75) is 78.2 Å². The molecule has 0 spiro atoms. The summed E-state index contributed by atoms with van der Waals surface area (Å²) >= 11 is 0. The quantitative estimate of drug-likeness (QED) is 0.669. The van der Waals surface area contributed by atoms with Crippen LogP contribution < -0.4 is 5.32 Å². The fraction of sp³-hybridized carbons (Fsp3) is 0.722. The van der Waals surface area contributed by atoms with Crippen molar-refractivity contribution in [2.75, 3.05) is 6.61 Å². The topological polar surface area (TPSA) is 90.9 Å². The lowest BCUT2D eigenvalue weighted by Gasteiger charge is -2.37. The summed E-state index contributed by atoms with van der Waals surface area (Å²) < 4.78 is 16.5. The van der Waals surface area contributed by atoms with Gasteiger partial charge in [0.2, 0.25) is 5.91 Å². The van der Waals surface area contributed by atoms with Gasteiger partial charge in [0.15, 0.2) is 0 Å². The van der Waals surface area contributed by atoms with Gasteiger partial charge in [-0.25, -0.2) is 4.79 Å². The lowest BCUT2D eigenvalue weighted by Crippen LogP contribution is -2.55. The van der Waals surface area contributed by atoms with Gasteiger partial charge in [-0.1, -0.05) is 13.8 Å². The number of hydrogen-bond donors (Lipinski definition) is 1. The standard InChI is InChI=1S/C18H29NO6/c1-6-14(7-2)25-16-10-13(18(22)23-8-3)9-15(24-12(5)21)17(16)19-11(4)20/h10,14-17H,6-9H2,1-5H3,(H,19,20)/t15-,16+,17?/m0/s1. The van der Waals surface area contributed by atoms with Crippen LogP contribution in [-0.4, -0.2) is 48.8 Å². The Kier molecular flexibility index (Phi) is 8.61. The van der Waals surface area contributed by atoms with Gasteiger partial charge in [0.25, 0.3) is 0 Å². The van der Waals surface area contributed by atoms with Gasteiger partial charge in [-0.2, -0.15) is 0 Å². The van der Waals surface area contributed by atoms with Gasteiger partial charge < -0.3 is 19.5 Å². The molecule has 1 amide bonds. The molecule has 7 nitrogen and oxygen atoms in total. The van der Waals surface area contributed by atoms with Crippen LogP contribution >= 0.6 is 0 Å². The zero-order valence-electron chi connectivity index (χ0n) is 15.7. The highest BCUT2D eigenvalue weighted by molar-refractivity contribution is 5.89. The number of carbonyl (C=O) groups is 3. The van der Waals surface area contributed by atoms with Crippen molar-refractivity contribution >= 4 is 17.8 Å². The molecule has 0 aromatic carbocycles. The van der Waals surface area contributed by atoms with E-state index in [1.165, 1.54) is 13.8 Å². The molecule has 1 aliphatic carbocycles. The highest BCUT2D eigenvalue weighted by Gasteiger charge is 2.39. The molecule has 0 aromatic heterocycles. The van der Waals surface area contributed by atoms with Crippen LogP contribution in [-0.2, 0) is 28.6 Å². The molecule has 7 heteroatoms. The maximum atomic E-state index is 12.2. The Morgan fingerprint density at radius 2 is 1.84 bits per heavy atom. The molecule has 0 fully saturated rings. The molecular formula is C18H29NO6. The Balaban J connectivity index is 3.17. The van der Waals surface area contributed by atoms with Crippen LogP contribution in [0.3, 0.4) is 0 Å². The first-order valence-electron chi connectivity index (χ1n) is 8.79. The van der Waals surface area contributed by atoms with E-state index in [4.69, 9.17) is 14.2 Å². The Morgan fingerprint density at radius 3 is 2.32 bits per heavy atom. The third-order valence-electron chi connectivity index (χ3n) is 4.03. The molecule has 1 rings (SSSR count). The number of nitrogens with one attached hydrogen (secondary N) is 1. The Hall–Kier alpha value is -1.89. The minimum atomic E-state index is -0.690. The predicted molar refractivity (Wildman–Crippen MR) is 91.7 cm³/mol. The van der Waals surface area contributed by atoms with Crippen molar-refractivity contribution in [3.05, 3.63) is 11.6 Å². The van der Waals surface area contributed by atoms with E-state index in [1.807, 2.05) is 13.8 Å². The van der Waals surface area contributed by atoms with Crippen molar-refractivity contribution < 1.29 is 28.6 Å². The van der Waals surface area contributed by atoms with E-state index in [1.54, 1.807) is 13.0 Å². The molecule has 0 aromatic rings. The molecule has 3 atom stereocenters. The van der Waals surface area contributed by atoms with Crippen molar-refractivity contribution in [2.24, 2.45) is 0 Å². The average molecular weight is 355 g/mol. The predicted octanol–water partition coefficient (Wildman–Crippen LogP) is 1.89. The molecule has 0 saturated heterocycles. The van der Waals surface area contributed by atoms with Crippen LogP contribution in [0.4, 0.5) is 0 Å². The first-order valence-corrected chi connectivity index (χ1v) is 8.79. The molecule has 142 valence electrons. The maximum Gasteiger partial charge on any atom is 0.333 e. The summed E-state index contributed by atoms with van der Waals surface area (Å²) in [5.41, 5.74) is 0.394. The van der Waals surface area contributed by atoms with Crippen LogP contribution in [0.2, 0.25) is 0 Å². The largest absolute Gasteiger partial charge is 0.463 e. The highest BCUT2D eigenvalue weighted by atomic mass is 16.6. The van der Waals surface area contributed by atoms with Crippen molar-refractivity contribution in [3.63, 3.8) is 0 Å². The second-order valence-electron chi connectivity index (χ2n) is 6.03. The van der Waals surface area contributed by atoms with Crippen LogP contribution in [0.5, 0.6) is 0 Å². The van der Waals surface area contributed by atoms with Gasteiger partial charge in [0.1, 0.15) is 12.2 Å². The second kappa shape index (κ2) is 10.2. The molecule has 0 aliphatic heterocycles. The molecule has 1 aliphatic rings. The summed E-state index contributed by atoms with van der Waals surface area (Å²) in [6, 6.07) is -0.555.